The SMILES string of the molecule is Oc1cc(O)cc(CCCCC(F)(F)F)c1. The molecule has 90 valence electrons. The number of benzene rings is 1. The van der Waals surface area contributed by atoms with Crippen LogP contribution in [0.2, 0.25) is 0 Å². The second kappa shape index (κ2) is 5.09. The lowest BCUT2D eigenvalue weighted by Gasteiger charge is -2.06. The van der Waals surface area contributed by atoms with E-state index in [9.17, 15) is 13.2 Å². The van der Waals surface area contributed by atoms with Gasteiger partial charge in [-0.25, -0.2) is 0 Å². The van der Waals surface area contributed by atoms with Gasteiger partial charge in [-0.05, 0) is 37.0 Å². The van der Waals surface area contributed by atoms with Crippen molar-refractivity contribution in [2.24, 2.45) is 0 Å². The zero-order valence-corrected chi connectivity index (χ0v) is 8.59. The summed E-state index contributed by atoms with van der Waals surface area (Å²) in [6.07, 6.45) is -4.06. The molecule has 1 aromatic carbocycles. The van der Waals surface area contributed by atoms with Crippen LogP contribution in [0.3, 0.4) is 0 Å². The van der Waals surface area contributed by atoms with Gasteiger partial charge in [0.05, 0.1) is 0 Å². The largest absolute Gasteiger partial charge is 0.508 e. The molecule has 0 aromatic heterocycles. The van der Waals surface area contributed by atoms with E-state index in [4.69, 9.17) is 10.2 Å². The summed E-state index contributed by atoms with van der Waals surface area (Å²) < 4.78 is 35.5. The molecule has 5 heteroatoms. The fraction of sp³-hybridized carbons (Fsp3) is 0.455. The van der Waals surface area contributed by atoms with Gasteiger partial charge in [-0.15, -0.1) is 0 Å². The van der Waals surface area contributed by atoms with Crippen LogP contribution >= 0.6 is 0 Å². The van der Waals surface area contributed by atoms with E-state index in [0.29, 0.717) is 18.4 Å². The van der Waals surface area contributed by atoms with Crippen LogP contribution in [-0.2, 0) is 6.42 Å². The molecular formula is C11H13F3O2. The van der Waals surface area contributed by atoms with Gasteiger partial charge in [0.2, 0.25) is 0 Å². The van der Waals surface area contributed by atoms with Gasteiger partial charge in [-0.1, -0.05) is 0 Å². The molecule has 0 atom stereocenters. The van der Waals surface area contributed by atoms with Crippen molar-refractivity contribution in [1.82, 2.24) is 0 Å². The standard InChI is InChI=1S/C11H13F3O2/c12-11(13,14)4-2-1-3-8-5-9(15)7-10(16)6-8/h5-7,15-16H,1-4H2. The first-order valence-corrected chi connectivity index (χ1v) is 4.95. The molecule has 0 unspecified atom stereocenters. The van der Waals surface area contributed by atoms with Gasteiger partial charge in [-0.2, -0.15) is 13.2 Å². The minimum atomic E-state index is -4.11. The van der Waals surface area contributed by atoms with Gasteiger partial charge < -0.3 is 10.2 Å². The second-order valence-corrected chi connectivity index (χ2v) is 3.68. The van der Waals surface area contributed by atoms with E-state index >= 15 is 0 Å². The summed E-state index contributed by atoms with van der Waals surface area (Å²) in [4.78, 5) is 0. The van der Waals surface area contributed by atoms with E-state index in [1.54, 1.807) is 0 Å². The molecule has 16 heavy (non-hydrogen) atoms. The third kappa shape index (κ3) is 4.91. The molecule has 1 aromatic rings. The highest BCUT2D eigenvalue weighted by Crippen LogP contribution is 2.24. The molecule has 2 N–H and O–H groups in total. The lowest BCUT2D eigenvalue weighted by atomic mass is 10.1. The van der Waals surface area contributed by atoms with Crippen LogP contribution < -0.4 is 0 Å². The third-order valence-electron chi connectivity index (χ3n) is 2.14. The lowest BCUT2D eigenvalue weighted by molar-refractivity contribution is -0.135. The van der Waals surface area contributed by atoms with Crippen LogP contribution in [0.1, 0.15) is 24.8 Å². The minimum absolute atomic E-state index is 0.0555. The molecule has 2 nitrogen and oxygen atoms in total. The van der Waals surface area contributed by atoms with E-state index in [2.05, 4.69) is 0 Å². The van der Waals surface area contributed by atoms with Crippen LogP contribution in [0.15, 0.2) is 18.2 Å². The number of aromatic hydroxyl groups is 2. The summed E-state index contributed by atoms with van der Waals surface area (Å²) in [6.45, 7) is 0. The molecule has 0 radical (unpaired) electrons. The molecule has 0 amide bonds. The molecule has 0 saturated carbocycles. The average molecular weight is 234 g/mol. The molecular weight excluding hydrogens is 221 g/mol. The molecule has 0 aliphatic carbocycles. The Hall–Kier alpha value is -1.39. The molecule has 0 heterocycles. The fourth-order valence-electron chi connectivity index (χ4n) is 1.46. The number of phenols is 2. The number of unbranched alkanes of at least 4 members (excludes halogenated alkanes) is 1. The molecule has 0 bridgehead atoms. The maximum Gasteiger partial charge on any atom is 0.389 e. The van der Waals surface area contributed by atoms with Gasteiger partial charge in [0.25, 0.3) is 0 Å². The normalized spacial score (nSPS) is 11.7. The number of halogens is 3. The van der Waals surface area contributed by atoms with E-state index in [0.717, 1.165) is 0 Å². The van der Waals surface area contributed by atoms with Crippen LogP contribution in [0, 0.1) is 0 Å². The number of alkyl halides is 3. The van der Waals surface area contributed by atoms with Gasteiger partial charge in [0.15, 0.2) is 0 Å². The van der Waals surface area contributed by atoms with Crippen LogP contribution in [0.5, 0.6) is 11.5 Å². The Morgan fingerprint density at radius 3 is 2.00 bits per heavy atom. The first kappa shape index (κ1) is 12.7. The smallest absolute Gasteiger partial charge is 0.389 e. The number of aryl methyl sites for hydroxylation is 1. The summed E-state index contributed by atoms with van der Waals surface area (Å²) >= 11 is 0. The number of phenolic OH excluding ortho intramolecular Hbond substituents is 2. The molecule has 0 saturated heterocycles. The Kier molecular flexibility index (Phi) is 4.04. The maximum absolute atomic E-state index is 11.8. The summed E-state index contributed by atoms with van der Waals surface area (Å²) in [5, 5.41) is 18.3. The highest BCUT2D eigenvalue weighted by atomic mass is 19.4. The highest BCUT2D eigenvalue weighted by Gasteiger charge is 2.25. The summed E-state index contributed by atoms with van der Waals surface area (Å²) in [7, 11) is 0. The quantitative estimate of drug-likeness (QED) is 0.784. The third-order valence-corrected chi connectivity index (χ3v) is 2.14. The van der Waals surface area contributed by atoms with Gasteiger partial charge in [-0.3, -0.25) is 0 Å². The van der Waals surface area contributed by atoms with E-state index < -0.39 is 12.6 Å². The first-order chi connectivity index (χ1) is 7.37. The Balaban J connectivity index is 2.37. The molecule has 1 rings (SSSR count). The van der Waals surface area contributed by atoms with Crippen LogP contribution in [0.4, 0.5) is 13.2 Å². The Labute approximate surface area is 91.3 Å². The lowest BCUT2D eigenvalue weighted by Crippen LogP contribution is -2.06. The zero-order valence-electron chi connectivity index (χ0n) is 8.59. The van der Waals surface area contributed by atoms with Crippen molar-refractivity contribution in [3.05, 3.63) is 23.8 Å². The molecule has 0 aliphatic rings. The van der Waals surface area contributed by atoms with Gasteiger partial charge >= 0.3 is 6.18 Å². The van der Waals surface area contributed by atoms with Crippen molar-refractivity contribution in [1.29, 1.82) is 0 Å². The van der Waals surface area contributed by atoms with Crippen molar-refractivity contribution < 1.29 is 23.4 Å². The minimum Gasteiger partial charge on any atom is -0.508 e. The van der Waals surface area contributed by atoms with E-state index in [-0.39, 0.29) is 17.9 Å². The van der Waals surface area contributed by atoms with Crippen LogP contribution in [-0.4, -0.2) is 16.4 Å². The van der Waals surface area contributed by atoms with E-state index in [1.807, 2.05) is 0 Å². The average Bonchev–Trinajstić information content (AvgIpc) is 2.09. The number of hydrogen-bond acceptors (Lipinski definition) is 2. The van der Waals surface area contributed by atoms with Crippen molar-refractivity contribution in [3.8, 4) is 11.5 Å². The second-order valence-electron chi connectivity index (χ2n) is 3.68. The zero-order chi connectivity index (χ0) is 12.2. The number of rotatable bonds is 4. The Morgan fingerprint density at radius 2 is 1.50 bits per heavy atom. The van der Waals surface area contributed by atoms with Crippen molar-refractivity contribution in [3.63, 3.8) is 0 Å². The van der Waals surface area contributed by atoms with Crippen molar-refractivity contribution in [2.45, 2.75) is 31.9 Å². The number of hydrogen-bond donors (Lipinski definition) is 2. The first-order valence-electron chi connectivity index (χ1n) is 4.95. The molecule has 0 fully saturated rings. The summed E-state index contributed by atoms with van der Waals surface area (Å²) in [6, 6.07) is 4.06. The highest BCUT2D eigenvalue weighted by molar-refractivity contribution is 5.36. The van der Waals surface area contributed by atoms with Crippen molar-refractivity contribution in [2.75, 3.05) is 0 Å². The van der Waals surface area contributed by atoms with Gasteiger partial charge in [0.1, 0.15) is 11.5 Å². The summed E-state index contributed by atoms with van der Waals surface area (Å²) in [5.74, 6) is -0.156. The van der Waals surface area contributed by atoms with E-state index in [1.165, 1.54) is 18.2 Å². The Bertz CT molecular complexity index is 327. The van der Waals surface area contributed by atoms with Crippen molar-refractivity contribution >= 4 is 0 Å². The Morgan fingerprint density at radius 1 is 0.938 bits per heavy atom. The molecule has 0 aliphatic heterocycles. The monoisotopic (exact) mass is 234 g/mol. The maximum atomic E-state index is 11.8. The fourth-order valence-corrected chi connectivity index (χ4v) is 1.46. The topological polar surface area (TPSA) is 40.5 Å². The predicted molar refractivity (Wildman–Crippen MR) is 53.4 cm³/mol. The van der Waals surface area contributed by atoms with Gasteiger partial charge in [0, 0.05) is 12.5 Å². The summed E-state index contributed by atoms with van der Waals surface area (Å²) in [5.41, 5.74) is 0.639. The molecule has 0 spiro atoms. The predicted octanol–water partition coefficient (Wildman–Crippen LogP) is 3.37. The van der Waals surface area contributed by atoms with Crippen LogP contribution in [0.25, 0.3) is 0 Å².